The second-order valence-electron chi connectivity index (χ2n) is 11.6. The number of piperidine rings is 1. The number of morpholine rings is 1. The van der Waals surface area contributed by atoms with E-state index in [0.29, 0.717) is 97.8 Å². The first kappa shape index (κ1) is 33.6. The number of nitriles is 1. The number of aromatic nitrogens is 2. The molecule has 2 aliphatic rings. The van der Waals surface area contributed by atoms with Gasteiger partial charge in [-0.25, -0.2) is 13.9 Å². The third-order valence-electron chi connectivity index (χ3n) is 8.21. The van der Waals surface area contributed by atoms with Crippen molar-refractivity contribution in [3.05, 3.63) is 76.8 Å². The van der Waals surface area contributed by atoms with E-state index in [-0.39, 0.29) is 6.10 Å². The molecule has 3 aromatic rings. The van der Waals surface area contributed by atoms with Gasteiger partial charge in [-0.2, -0.15) is 23.5 Å². The summed E-state index contributed by atoms with van der Waals surface area (Å²) in [7, 11) is 0. The van der Waals surface area contributed by atoms with Crippen molar-refractivity contribution in [2.75, 3.05) is 39.4 Å². The maximum absolute atomic E-state index is 13.8. The number of halogens is 4. The van der Waals surface area contributed by atoms with Crippen LogP contribution in [0.25, 0.3) is 5.52 Å². The molecule has 2 aliphatic heterocycles. The van der Waals surface area contributed by atoms with Gasteiger partial charge in [0.05, 0.1) is 47.4 Å². The summed E-state index contributed by atoms with van der Waals surface area (Å²) in [6.45, 7) is 10.3. The molecule has 0 saturated carbocycles. The highest BCUT2D eigenvalue weighted by atomic mass is 19.4. The molecular weight excluding hydrogens is 620 g/mol. The van der Waals surface area contributed by atoms with Gasteiger partial charge in [-0.1, -0.05) is 0 Å². The van der Waals surface area contributed by atoms with Gasteiger partial charge in [0.25, 0.3) is 5.91 Å². The molecule has 0 aliphatic carbocycles. The second kappa shape index (κ2) is 13.9. The van der Waals surface area contributed by atoms with Crippen LogP contribution < -0.4 is 15.4 Å². The van der Waals surface area contributed by atoms with Crippen molar-refractivity contribution in [2.24, 2.45) is 9.98 Å². The minimum absolute atomic E-state index is 0.104. The third-order valence-corrected chi connectivity index (χ3v) is 8.21. The monoisotopic (exact) mass is 654 g/mol. The molecule has 0 spiro atoms. The Hall–Kier alpha value is -4.81. The van der Waals surface area contributed by atoms with E-state index in [1.165, 1.54) is 6.20 Å². The zero-order valence-corrected chi connectivity index (χ0v) is 25.9. The molecular formula is C32H34F4N8O3. The highest BCUT2D eigenvalue weighted by Crippen LogP contribution is 2.33. The Balaban J connectivity index is 1.30. The van der Waals surface area contributed by atoms with Crippen LogP contribution in [0.1, 0.15) is 53.7 Å². The number of nitrogens with one attached hydrogen (secondary N) is 2. The first-order valence-electron chi connectivity index (χ1n) is 14.9. The number of hydrogen-bond donors (Lipinski definition) is 2. The quantitative estimate of drug-likeness (QED) is 0.260. The number of ether oxygens (including phenoxy) is 2. The molecule has 11 nitrogen and oxygen atoms in total. The molecule has 0 unspecified atom stereocenters. The summed E-state index contributed by atoms with van der Waals surface area (Å²) >= 11 is 0. The average Bonchev–Trinajstić information content (AvgIpc) is 3.47. The summed E-state index contributed by atoms with van der Waals surface area (Å²) in [6.07, 6.45) is 0.524. The molecule has 1 aromatic carbocycles. The van der Waals surface area contributed by atoms with Crippen molar-refractivity contribution < 1.29 is 31.8 Å². The topological polar surface area (TPSA) is 129 Å². The number of hydrogen-bond acceptors (Lipinski definition) is 9. The Morgan fingerprint density at radius 2 is 2.09 bits per heavy atom. The Morgan fingerprint density at radius 1 is 1.32 bits per heavy atom. The number of rotatable bonds is 9. The number of benzene rings is 1. The molecule has 248 valence electrons. The predicted molar refractivity (Wildman–Crippen MR) is 166 cm³/mol. The summed E-state index contributed by atoms with van der Waals surface area (Å²) in [5.41, 5.74) is -0.703. The largest absolute Gasteiger partial charge is 0.489 e. The van der Waals surface area contributed by atoms with Crippen LogP contribution in [0.15, 0.2) is 58.7 Å². The van der Waals surface area contributed by atoms with E-state index in [0.717, 1.165) is 6.54 Å². The fourth-order valence-corrected chi connectivity index (χ4v) is 5.54. The van der Waals surface area contributed by atoms with Crippen LogP contribution in [0.2, 0.25) is 0 Å². The number of nitrogens with zero attached hydrogens (tertiary/aromatic N) is 6. The van der Waals surface area contributed by atoms with Crippen molar-refractivity contribution in [3.63, 3.8) is 0 Å². The van der Waals surface area contributed by atoms with Crippen molar-refractivity contribution in [1.29, 1.82) is 5.26 Å². The lowest BCUT2D eigenvalue weighted by Gasteiger charge is -2.40. The van der Waals surface area contributed by atoms with Crippen LogP contribution in [-0.2, 0) is 10.9 Å². The Labute approximate surface area is 268 Å². The summed E-state index contributed by atoms with van der Waals surface area (Å²) < 4.78 is 67.5. The van der Waals surface area contributed by atoms with Crippen LogP contribution in [0.5, 0.6) is 5.75 Å². The first-order valence-corrected chi connectivity index (χ1v) is 14.9. The van der Waals surface area contributed by atoms with Crippen LogP contribution in [-0.4, -0.2) is 83.9 Å². The smallest absolute Gasteiger partial charge is 0.417 e. The van der Waals surface area contributed by atoms with Gasteiger partial charge in [0.15, 0.2) is 0 Å². The van der Waals surface area contributed by atoms with E-state index in [2.05, 4.69) is 38.5 Å². The second-order valence-corrected chi connectivity index (χ2v) is 11.6. The van der Waals surface area contributed by atoms with E-state index in [9.17, 15) is 27.6 Å². The number of fused-ring (bicyclic) bond motifs is 1. The number of likely N-dealkylation sites (tertiary alicyclic amines) is 1. The van der Waals surface area contributed by atoms with Gasteiger partial charge in [-0.05, 0) is 57.7 Å². The van der Waals surface area contributed by atoms with E-state index < -0.39 is 34.6 Å². The Bertz CT molecular complexity index is 1750. The van der Waals surface area contributed by atoms with E-state index in [1.54, 1.807) is 36.8 Å². The molecule has 2 saturated heterocycles. The normalized spacial score (nSPS) is 18.9. The molecule has 5 rings (SSSR count). The highest BCUT2D eigenvalue weighted by Gasteiger charge is 2.38. The molecule has 1 amide bonds. The molecule has 2 aromatic heterocycles. The first-order chi connectivity index (χ1) is 22.4. The van der Waals surface area contributed by atoms with Crippen LogP contribution in [0, 0.1) is 17.1 Å². The van der Waals surface area contributed by atoms with Gasteiger partial charge in [-0.3, -0.25) is 9.79 Å². The molecule has 1 atom stereocenters. The van der Waals surface area contributed by atoms with Gasteiger partial charge in [0, 0.05) is 43.0 Å². The van der Waals surface area contributed by atoms with Gasteiger partial charge in [0.1, 0.15) is 36.2 Å². The highest BCUT2D eigenvalue weighted by molar-refractivity contribution is 6.06. The van der Waals surface area contributed by atoms with E-state index in [4.69, 9.17) is 9.47 Å². The zero-order valence-electron chi connectivity index (χ0n) is 25.9. The Kier molecular flexibility index (Phi) is 9.92. The van der Waals surface area contributed by atoms with Crippen molar-refractivity contribution >= 4 is 23.9 Å². The van der Waals surface area contributed by atoms with Crippen LogP contribution >= 0.6 is 0 Å². The molecule has 2 N–H and O–H groups in total. The summed E-state index contributed by atoms with van der Waals surface area (Å²) in [6, 6.07) is 5.79. The lowest BCUT2D eigenvalue weighted by Crippen LogP contribution is -2.53. The van der Waals surface area contributed by atoms with Crippen molar-refractivity contribution in [3.8, 4) is 11.8 Å². The van der Waals surface area contributed by atoms with Gasteiger partial charge < -0.3 is 25.0 Å². The van der Waals surface area contributed by atoms with E-state index >= 15 is 0 Å². The molecule has 47 heavy (non-hydrogen) atoms. The van der Waals surface area contributed by atoms with Crippen molar-refractivity contribution in [2.45, 2.75) is 44.5 Å². The van der Waals surface area contributed by atoms with Gasteiger partial charge in [0.2, 0.25) is 0 Å². The number of pyridine rings is 1. The number of carbonyl (C=O) groups is 1. The lowest BCUT2D eigenvalue weighted by atomic mass is 9.89. The number of carbonyl (C=O) groups excluding carboxylic acids is 1. The molecule has 0 bridgehead atoms. The number of alkyl halides is 3. The molecule has 0 radical (unpaired) electrons. The van der Waals surface area contributed by atoms with Crippen LogP contribution in [0.4, 0.5) is 17.6 Å². The number of amides is 1. The molecule has 2 fully saturated rings. The third kappa shape index (κ3) is 7.78. The van der Waals surface area contributed by atoms with E-state index in [1.807, 2.05) is 4.90 Å². The number of aliphatic imine (C=N–C) groups is 2. The van der Waals surface area contributed by atoms with Crippen LogP contribution in [0.3, 0.4) is 0 Å². The van der Waals surface area contributed by atoms with Gasteiger partial charge >= 0.3 is 6.18 Å². The standard InChI is InChI=1S/C32H34F4N8O3/c1-20(25-13-23(47-19-24-16-39-8-11-46-24)18-44-29(25)21(14-37)15-41-44)40-17-28(38-3)43-9-6-31(2,7-10-43)42-30(45)26-12-22(33)4-5-27(26)32(34,35)36/h4-5,12-13,15,17-18,24,39H,3,6-11,16,19H2,1-2H3,(H,42,45)/b28-17+,40-20+/t24-/m1/s1. The zero-order chi connectivity index (χ0) is 33.8. The fraction of sp³-hybridized carbons (Fsp3) is 0.406. The summed E-state index contributed by atoms with van der Waals surface area (Å²) in [5, 5.41) is 19.9. The SMILES string of the molecule is C=N/C(=C\N=C(/C)c1cc(OC[C@H]2CNCCO2)cn2ncc(C#N)c12)N1CCC(C)(NC(=O)c2cc(F)ccc2C(F)(F)F)CC1. The fourth-order valence-electron chi connectivity index (χ4n) is 5.54. The maximum Gasteiger partial charge on any atom is 0.417 e. The van der Waals surface area contributed by atoms with Crippen molar-refractivity contribution in [1.82, 2.24) is 25.1 Å². The average molecular weight is 655 g/mol. The molecule has 15 heteroatoms. The summed E-state index contributed by atoms with van der Waals surface area (Å²) in [5.74, 6) is -0.966. The Morgan fingerprint density at radius 3 is 2.74 bits per heavy atom. The molecule has 4 heterocycles. The minimum atomic E-state index is -4.81. The summed E-state index contributed by atoms with van der Waals surface area (Å²) in [4.78, 5) is 23.5. The van der Waals surface area contributed by atoms with Gasteiger partial charge in [-0.15, -0.1) is 0 Å². The predicted octanol–water partition coefficient (Wildman–Crippen LogP) is 4.32. The maximum atomic E-state index is 13.8. The minimum Gasteiger partial charge on any atom is -0.489 e. The lowest BCUT2D eigenvalue weighted by molar-refractivity contribution is -0.138.